The first-order chi connectivity index (χ1) is 13.3. The molecule has 7 heteroatoms. The lowest BCUT2D eigenvalue weighted by Crippen LogP contribution is -2.27. The fraction of sp³-hybridized carbons (Fsp3) is 0.190. The Labute approximate surface area is 161 Å². The quantitative estimate of drug-likeness (QED) is 0.689. The van der Waals surface area contributed by atoms with Crippen molar-refractivity contribution in [3.63, 3.8) is 0 Å². The molecule has 0 spiro atoms. The van der Waals surface area contributed by atoms with Gasteiger partial charge in [-0.2, -0.15) is 10.4 Å². The van der Waals surface area contributed by atoms with Crippen LogP contribution in [0.25, 0.3) is 5.69 Å². The molecule has 0 fully saturated rings. The number of rotatable bonds is 4. The molecule has 0 aliphatic heterocycles. The zero-order valence-electron chi connectivity index (χ0n) is 15.7. The molecule has 3 rings (SSSR count). The molecule has 0 atom stereocenters. The van der Waals surface area contributed by atoms with Crippen molar-refractivity contribution in [3.05, 3.63) is 82.2 Å². The molecule has 1 heterocycles. The Bertz CT molecular complexity index is 1100. The molecule has 2 aromatic carbocycles. The number of carbonyl (C=O) groups is 1. The van der Waals surface area contributed by atoms with Crippen LogP contribution >= 0.6 is 0 Å². The van der Waals surface area contributed by atoms with E-state index in [1.807, 2.05) is 6.07 Å². The second-order valence-electron chi connectivity index (χ2n) is 6.53. The molecule has 0 bridgehead atoms. The molecule has 0 saturated heterocycles. The first-order valence-corrected chi connectivity index (χ1v) is 8.58. The van der Waals surface area contributed by atoms with Crippen LogP contribution in [0.4, 0.5) is 8.78 Å². The van der Waals surface area contributed by atoms with Crippen LogP contribution < -0.4 is 0 Å². The van der Waals surface area contributed by atoms with E-state index < -0.39 is 11.6 Å². The monoisotopic (exact) mass is 380 g/mol. The van der Waals surface area contributed by atoms with E-state index in [0.29, 0.717) is 29.1 Å². The van der Waals surface area contributed by atoms with Crippen molar-refractivity contribution in [2.24, 2.45) is 0 Å². The average molecular weight is 380 g/mol. The van der Waals surface area contributed by atoms with Gasteiger partial charge in [0.2, 0.25) is 0 Å². The number of hydrogen-bond acceptors (Lipinski definition) is 3. The Morgan fingerprint density at radius 1 is 1.21 bits per heavy atom. The average Bonchev–Trinajstić information content (AvgIpc) is 2.95. The first kappa shape index (κ1) is 19.2. The highest BCUT2D eigenvalue weighted by atomic mass is 19.1. The first-order valence-electron chi connectivity index (χ1n) is 8.58. The number of benzene rings is 2. The van der Waals surface area contributed by atoms with Gasteiger partial charge < -0.3 is 4.90 Å². The minimum atomic E-state index is -0.758. The van der Waals surface area contributed by atoms with E-state index in [4.69, 9.17) is 5.26 Å². The topological polar surface area (TPSA) is 61.9 Å². The summed E-state index contributed by atoms with van der Waals surface area (Å²) in [7, 11) is 1.65. The lowest BCUT2D eigenvalue weighted by atomic mass is 10.1. The standard InChI is InChI=1S/C21H18F2N4O/c1-13-20(14(2)27(25-13)19-8-7-17(22)10-18(19)23)21(28)26(3)12-16-6-4-5-15(9-16)11-24/h4-10H,12H2,1-3H3. The van der Waals surface area contributed by atoms with Crippen LogP contribution in [0.5, 0.6) is 0 Å². The minimum absolute atomic E-state index is 0.0745. The number of halogens is 2. The predicted molar refractivity (Wildman–Crippen MR) is 99.9 cm³/mol. The highest BCUT2D eigenvalue weighted by Gasteiger charge is 2.23. The fourth-order valence-electron chi connectivity index (χ4n) is 3.12. The third kappa shape index (κ3) is 3.62. The van der Waals surface area contributed by atoms with Crippen LogP contribution in [0, 0.1) is 36.8 Å². The molecule has 0 N–H and O–H groups in total. The number of amides is 1. The molecule has 1 aromatic heterocycles. The number of carbonyl (C=O) groups excluding carboxylic acids is 1. The Kier molecular flexibility index (Phi) is 5.23. The van der Waals surface area contributed by atoms with Crippen LogP contribution in [-0.4, -0.2) is 27.6 Å². The van der Waals surface area contributed by atoms with Crippen LogP contribution in [0.1, 0.15) is 32.9 Å². The summed E-state index contributed by atoms with van der Waals surface area (Å²) < 4.78 is 28.7. The van der Waals surface area contributed by atoms with Crippen LogP contribution in [0.15, 0.2) is 42.5 Å². The van der Waals surface area contributed by atoms with Crippen molar-refractivity contribution in [2.75, 3.05) is 7.05 Å². The minimum Gasteiger partial charge on any atom is -0.337 e. The molecule has 0 aliphatic rings. The summed E-state index contributed by atoms with van der Waals surface area (Å²) >= 11 is 0. The van der Waals surface area contributed by atoms with E-state index in [1.165, 1.54) is 15.6 Å². The van der Waals surface area contributed by atoms with Gasteiger partial charge in [-0.3, -0.25) is 4.79 Å². The maximum absolute atomic E-state index is 14.2. The molecule has 3 aromatic rings. The molecular weight excluding hydrogens is 362 g/mol. The van der Waals surface area contributed by atoms with Crippen molar-refractivity contribution in [1.82, 2.24) is 14.7 Å². The van der Waals surface area contributed by atoms with E-state index in [-0.39, 0.29) is 11.6 Å². The maximum atomic E-state index is 14.2. The molecule has 0 unspecified atom stereocenters. The zero-order valence-corrected chi connectivity index (χ0v) is 15.7. The fourth-order valence-corrected chi connectivity index (χ4v) is 3.12. The molecule has 5 nitrogen and oxygen atoms in total. The zero-order chi connectivity index (χ0) is 20.4. The van der Waals surface area contributed by atoms with Crippen LogP contribution in [0.2, 0.25) is 0 Å². The van der Waals surface area contributed by atoms with E-state index >= 15 is 0 Å². The van der Waals surface area contributed by atoms with E-state index in [1.54, 1.807) is 39.1 Å². The van der Waals surface area contributed by atoms with Gasteiger partial charge in [-0.15, -0.1) is 0 Å². The summed E-state index contributed by atoms with van der Waals surface area (Å²) in [5.74, 6) is -1.71. The van der Waals surface area contributed by atoms with Crippen molar-refractivity contribution in [3.8, 4) is 11.8 Å². The van der Waals surface area contributed by atoms with Crippen molar-refractivity contribution < 1.29 is 13.6 Å². The third-order valence-electron chi connectivity index (χ3n) is 4.47. The van der Waals surface area contributed by atoms with Crippen LogP contribution in [-0.2, 0) is 6.54 Å². The number of aryl methyl sites for hydroxylation is 1. The van der Waals surface area contributed by atoms with Gasteiger partial charge in [0.05, 0.1) is 28.6 Å². The molecule has 142 valence electrons. The summed E-state index contributed by atoms with van der Waals surface area (Å²) in [5, 5.41) is 13.3. The second-order valence-corrected chi connectivity index (χ2v) is 6.53. The van der Waals surface area contributed by atoms with Gasteiger partial charge in [-0.1, -0.05) is 12.1 Å². The normalized spacial score (nSPS) is 10.6. The van der Waals surface area contributed by atoms with Gasteiger partial charge in [0.25, 0.3) is 5.91 Å². The van der Waals surface area contributed by atoms with Crippen molar-refractivity contribution in [2.45, 2.75) is 20.4 Å². The molecule has 0 saturated carbocycles. The lowest BCUT2D eigenvalue weighted by molar-refractivity contribution is 0.0783. The smallest absolute Gasteiger partial charge is 0.257 e. The number of nitriles is 1. The van der Waals surface area contributed by atoms with Crippen LogP contribution in [0.3, 0.4) is 0 Å². The second kappa shape index (κ2) is 7.61. The molecule has 0 aliphatic carbocycles. The van der Waals surface area contributed by atoms with Gasteiger partial charge >= 0.3 is 0 Å². The van der Waals surface area contributed by atoms with Gasteiger partial charge in [-0.05, 0) is 43.7 Å². The summed E-state index contributed by atoms with van der Waals surface area (Å²) in [5.41, 5.74) is 2.69. The number of nitrogens with zero attached hydrogens (tertiary/aromatic N) is 4. The van der Waals surface area contributed by atoms with Crippen molar-refractivity contribution in [1.29, 1.82) is 5.26 Å². The molecule has 0 radical (unpaired) electrons. The highest BCUT2D eigenvalue weighted by Crippen LogP contribution is 2.22. The molecule has 1 amide bonds. The van der Waals surface area contributed by atoms with E-state index in [2.05, 4.69) is 11.2 Å². The Morgan fingerprint density at radius 2 is 1.96 bits per heavy atom. The third-order valence-corrected chi connectivity index (χ3v) is 4.47. The number of aromatic nitrogens is 2. The van der Waals surface area contributed by atoms with Gasteiger partial charge in [0.1, 0.15) is 11.5 Å². The summed E-state index contributed by atoms with van der Waals surface area (Å²) in [4.78, 5) is 14.5. The van der Waals surface area contributed by atoms with E-state index in [0.717, 1.165) is 17.7 Å². The molecule has 28 heavy (non-hydrogen) atoms. The van der Waals surface area contributed by atoms with Gasteiger partial charge in [0, 0.05) is 19.7 Å². The predicted octanol–water partition coefficient (Wildman–Crippen LogP) is 3.91. The van der Waals surface area contributed by atoms with Gasteiger partial charge in [-0.25, -0.2) is 13.5 Å². The largest absolute Gasteiger partial charge is 0.337 e. The van der Waals surface area contributed by atoms with E-state index in [9.17, 15) is 13.6 Å². The molecular formula is C21H18F2N4O. The highest BCUT2D eigenvalue weighted by molar-refractivity contribution is 5.96. The number of hydrogen-bond donors (Lipinski definition) is 0. The summed E-state index contributed by atoms with van der Waals surface area (Å²) in [6.07, 6.45) is 0. The van der Waals surface area contributed by atoms with Crippen molar-refractivity contribution >= 4 is 5.91 Å². The Balaban J connectivity index is 1.92. The Morgan fingerprint density at radius 3 is 2.64 bits per heavy atom. The summed E-state index contributed by atoms with van der Waals surface area (Å²) in [6.45, 7) is 3.64. The SMILES string of the molecule is Cc1nn(-c2ccc(F)cc2F)c(C)c1C(=O)N(C)Cc1cccc(C#N)c1. The Hall–Kier alpha value is -3.53. The summed E-state index contributed by atoms with van der Waals surface area (Å²) in [6, 6.07) is 12.3. The van der Waals surface area contributed by atoms with Gasteiger partial charge in [0.15, 0.2) is 5.82 Å². The maximum Gasteiger partial charge on any atom is 0.257 e. The lowest BCUT2D eigenvalue weighted by Gasteiger charge is -2.18.